The van der Waals surface area contributed by atoms with E-state index < -0.39 is 5.97 Å². The highest BCUT2D eigenvalue weighted by atomic mass is 16.5. The number of carbonyl (C=O) groups is 2. The predicted molar refractivity (Wildman–Crippen MR) is 67.9 cm³/mol. The molecule has 4 nitrogen and oxygen atoms in total. The second-order valence-electron chi connectivity index (χ2n) is 4.04. The zero-order valence-corrected chi connectivity index (χ0v) is 10.9. The Balaban J connectivity index is 3.33. The van der Waals surface area contributed by atoms with Gasteiger partial charge in [0, 0.05) is 0 Å². The van der Waals surface area contributed by atoms with E-state index in [0.29, 0.717) is 18.4 Å². The minimum absolute atomic E-state index is 0.00615. The van der Waals surface area contributed by atoms with E-state index in [1.54, 1.807) is 12.1 Å². The van der Waals surface area contributed by atoms with Crippen LogP contribution in [-0.2, 0) is 28.8 Å². The molecule has 0 aliphatic heterocycles. The van der Waals surface area contributed by atoms with Gasteiger partial charge >= 0.3 is 11.9 Å². The molecule has 0 spiro atoms. The van der Waals surface area contributed by atoms with Crippen molar-refractivity contribution < 1.29 is 19.4 Å². The number of esters is 1. The van der Waals surface area contributed by atoms with E-state index in [0.717, 1.165) is 16.7 Å². The van der Waals surface area contributed by atoms with Gasteiger partial charge in [-0.2, -0.15) is 0 Å². The Morgan fingerprint density at radius 3 is 2.00 bits per heavy atom. The van der Waals surface area contributed by atoms with Crippen LogP contribution >= 0.6 is 0 Å². The highest BCUT2D eigenvalue weighted by Crippen LogP contribution is 2.21. The van der Waals surface area contributed by atoms with Crippen LogP contribution in [0.15, 0.2) is 12.1 Å². The van der Waals surface area contributed by atoms with Crippen molar-refractivity contribution in [3.05, 3.63) is 34.4 Å². The monoisotopic (exact) mass is 250 g/mol. The molecule has 0 atom stereocenters. The van der Waals surface area contributed by atoms with E-state index in [1.807, 2.05) is 13.8 Å². The van der Waals surface area contributed by atoms with Crippen LogP contribution in [0, 0.1) is 0 Å². The number of aliphatic carboxylic acids is 1. The second-order valence-corrected chi connectivity index (χ2v) is 4.04. The smallest absolute Gasteiger partial charge is 0.337 e. The average Bonchev–Trinajstić information content (AvgIpc) is 2.37. The van der Waals surface area contributed by atoms with Gasteiger partial charge in [-0.15, -0.1) is 0 Å². The minimum atomic E-state index is -0.856. The summed E-state index contributed by atoms with van der Waals surface area (Å²) in [4.78, 5) is 22.4. The van der Waals surface area contributed by atoms with E-state index in [9.17, 15) is 9.59 Å². The molecule has 0 aliphatic carbocycles. The number of hydrogen-bond acceptors (Lipinski definition) is 3. The first-order valence-corrected chi connectivity index (χ1v) is 5.98. The third-order valence-electron chi connectivity index (χ3n) is 2.95. The molecule has 1 aromatic rings. The normalized spacial score (nSPS) is 10.2. The predicted octanol–water partition coefficient (Wildman–Crippen LogP) is 2.23. The Labute approximate surface area is 107 Å². The highest BCUT2D eigenvalue weighted by Gasteiger charge is 2.15. The van der Waals surface area contributed by atoms with E-state index in [2.05, 4.69) is 0 Å². The third-order valence-corrected chi connectivity index (χ3v) is 2.95. The number of methoxy groups -OCH3 is 1. The molecule has 0 aromatic heterocycles. The van der Waals surface area contributed by atoms with Gasteiger partial charge in [0.05, 0.1) is 19.1 Å². The Bertz CT molecular complexity index is 438. The van der Waals surface area contributed by atoms with Gasteiger partial charge in [0.1, 0.15) is 0 Å². The third kappa shape index (κ3) is 3.09. The number of carbonyl (C=O) groups excluding carboxylic acids is 1. The maximum Gasteiger partial charge on any atom is 0.337 e. The molecule has 1 aromatic carbocycles. The highest BCUT2D eigenvalue weighted by molar-refractivity contribution is 5.90. The largest absolute Gasteiger partial charge is 0.481 e. The van der Waals surface area contributed by atoms with Crippen molar-refractivity contribution in [1.82, 2.24) is 0 Å². The van der Waals surface area contributed by atoms with Gasteiger partial charge in [-0.1, -0.05) is 13.8 Å². The SMILES string of the molecule is CCc1cc(C(=O)OC)cc(CC)c1CC(=O)O. The van der Waals surface area contributed by atoms with Crippen molar-refractivity contribution in [3.63, 3.8) is 0 Å². The summed E-state index contributed by atoms with van der Waals surface area (Å²) in [7, 11) is 1.34. The summed E-state index contributed by atoms with van der Waals surface area (Å²) in [5.74, 6) is -1.24. The van der Waals surface area contributed by atoms with Crippen molar-refractivity contribution in [3.8, 4) is 0 Å². The summed E-state index contributed by atoms with van der Waals surface area (Å²) in [5.41, 5.74) is 3.11. The van der Waals surface area contributed by atoms with Crippen molar-refractivity contribution in [2.45, 2.75) is 33.1 Å². The molecule has 0 saturated carbocycles. The first-order valence-electron chi connectivity index (χ1n) is 5.98. The topological polar surface area (TPSA) is 63.6 Å². The van der Waals surface area contributed by atoms with Crippen LogP contribution in [0.2, 0.25) is 0 Å². The fourth-order valence-electron chi connectivity index (χ4n) is 2.04. The maximum absolute atomic E-state index is 11.5. The van der Waals surface area contributed by atoms with Gasteiger partial charge in [-0.05, 0) is 41.7 Å². The summed E-state index contributed by atoms with van der Waals surface area (Å²) in [6.07, 6.45) is 1.38. The van der Waals surface area contributed by atoms with Crippen LogP contribution in [0.3, 0.4) is 0 Å². The van der Waals surface area contributed by atoms with Gasteiger partial charge in [0.25, 0.3) is 0 Å². The van der Waals surface area contributed by atoms with Crippen LogP contribution in [0.1, 0.15) is 40.9 Å². The standard InChI is InChI=1S/C14H18O4/c1-4-9-6-11(14(17)18-3)7-10(5-2)12(9)8-13(15)16/h6-7H,4-5,8H2,1-3H3,(H,15,16). The van der Waals surface area contributed by atoms with E-state index in [4.69, 9.17) is 9.84 Å². The lowest BCUT2D eigenvalue weighted by molar-refractivity contribution is -0.136. The molecule has 4 heteroatoms. The van der Waals surface area contributed by atoms with Crippen LogP contribution in [-0.4, -0.2) is 24.2 Å². The van der Waals surface area contributed by atoms with Gasteiger partial charge < -0.3 is 9.84 Å². The molecule has 0 fully saturated rings. The van der Waals surface area contributed by atoms with Gasteiger partial charge in [-0.25, -0.2) is 4.79 Å². The molecule has 1 N–H and O–H groups in total. The Hall–Kier alpha value is -1.84. The molecule has 0 unspecified atom stereocenters. The van der Waals surface area contributed by atoms with Crippen LogP contribution in [0.4, 0.5) is 0 Å². The Morgan fingerprint density at radius 1 is 1.17 bits per heavy atom. The summed E-state index contributed by atoms with van der Waals surface area (Å²) in [6, 6.07) is 3.45. The lowest BCUT2D eigenvalue weighted by Gasteiger charge is -2.13. The summed E-state index contributed by atoms with van der Waals surface area (Å²) in [5, 5.41) is 8.94. The van der Waals surface area contributed by atoms with E-state index >= 15 is 0 Å². The van der Waals surface area contributed by atoms with Crippen molar-refractivity contribution in [2.75, 3.05) is 7.11 Å². The molecule has 98 valence electrons. The number of benzene rings is 1. The molecule has 0 aliphatic rings. The lowest BCUT2D eigenvalue weighted by atomic mass is 9.92. The molecular weight excluding hydrogens is 232 g/mol. The Kier molecular flexibility index (Phi) is 4.89. The van der Waals surface area contributed by atoms with Crippen molar-refractivity contribution in [1.29, 1.82) is 0 Å². The van der Waals surface area contributed by atoms with E-state index in [1.165, 1.54) is 7.11 Å². The fraction of sp³-hybridized carbons (Fsp3) is 0.429. The number of hydrogen-bond donors (Lipinski definition) is 1. The van der Waals surface area contributed by atoms with Crippen LogP contribution in [0.25, 0.3) is 0 Å². The van der Waals surface area contributed by atoms with Crippen LogP contribution in [0.5, 0.6) is 0 Å². The number of rotatable bonds is 5. The molecule has 0 heterocycles. The number of aryl methyl sites for hydroxylation is 2. The molecule has 0 radical (unpaired) electrons. The summed E-state index contributed by atoms with van der Waals surface area (Å²) in [6.45, 7) is 3.89. The maximum atomic E-state index is 11.5. The molecular formula is C14H18O4. The lowest BCUT2D eigenvalue weighted by Crippen LogP contribution is -2.10. The zero-order chi connectivity index (χ0) is 13.7. The summed E-state index contributed by atoms with van der Waals surface area (Å²) >= 11 is 0. The molecule has 1 rings (SSSR count). The zero-order valence-electron chi connectivity index (χ0n) is 10.9. The first-order chi connectivity index (χ1) is 8.53. The second kappa shape index (κ2) is 6.19. The van der Waals surface area contributed by atoms with Gasteiger partial charge in [0.2, 0.25) is 0 Å². The van der Waals surface area contributed by atoms with E-state index in [-0.39, 0.29) is 12.4 Å². The van der Waals surface area contributed by atoms with Crippen molar-refractivity contribution in [2.24, 2.45) is 0 Å². The van der Waals surface area contributed by atoms with Crippen LogP contribution < -0.4 is 0 Å². The average molecular weight is 250 g/mol. The minimum Gasteiger partial charge on any atom is -0.481 e. The number of ether oxygens (including phenoxy) is 1. The quantitative estimate of drug-likeness (QED) is 0.814. The molecule has 0 amide bonds. The molecule has 0 bridgehead atoms. The van der Waals surface area contributed by atoms with Crippen molar-refractivity contribution >= 4 is 11.9 Å². The number of carboxylic acids is 1. The molecule has 0 saturated heterocycles. The van der Waals surface area contributed by atoms with Gasteiger partial charge in [0.15, 0.2) is 0 Å². The fourth-order valence-corrected chi connectivity index (χ4v) is 2.04. The number of carboxylic acid groups (broad SMARTS) is 1. The molecule has 18 heavy (non-hydrogen) atoms. The summed E-state index contributed by atoms with van der Waals surface area (Å²) < 4.78 is 4.70. The Morgan fingerprint density at radius 2 is 1.67 bits per heavy atom. The van der Waals surface area contributed by atoms with Gasteiger partial charge in [-0.3, -0.25) is 4.79 Å². The first kappa shape index (κ1) is 14.2.